The third kappa shape index (κ3) is 2.00. The molecule has 0 aliphatic heterocycles. The van der Waals surface area contributed by atoms with Crippen LogP contribution in [-0.2, 0) is 0 Å². The molecular formula is C17H15N3O. The molecule has 1 aliphatic carbocycles. The number of nitrogens with two attached hydrogens (primary N) is 1. The Kier molecular flexibility index (Phi) is 2.57. The molecule has 2 N–H and O–H groups in total. The van der Waals surface area contributed by atoms with Crippen molar-refractivity contribution in [3.63, 3.8) is 0 Å². The van der Waals surface area contributed by atoms with Gasteiger partial charge in [0.1, 0.15) is 5.82 Å². The lowest BCUT2D eigenvalue weighted by Gasteiger charge is -2.12. The molecule has 1 aliphatic rings. The van der Waals surface area contributed by atoms with Crippen molar-refractivity contribution in [2.45, 2.75) is 18.8 Å². The van der Waals surface area contributed by atoms with Gasteiger partial charge in [0.25, 0.3) is 0 Å². The molecule has 2 aromatic carbocycles. The van der Waals surface area contributed by atoms with E-state index in [0.29, 0.717) is 11.7 Å². The summed E-state index contributed by atoms with van der Waals surface area (Å²) >= 11 is 0. The molecule has 1 aromatic heterocycles. The fraction of sp³-hybridized carbons (Fsp3) is 0.176. The van der Waals surface area contributed by atoms with E-state index in [0.717, 1.165) is 16.6 Å². The van der Waals surface area contributed by atoms with E-state index in [2.05, 4.69) is 17.1 Å². The molecule has 0 unspecified atom stereocenters. The van der Waals surface area contributed by atoms with Crippen LogP contribution in [0.5, 0.6) is 0 Å². The van der Waals surface area contributed by atoms with Crippen molar-refractivity contribution in [2.75, 3.05) is 5.73 Å². The fourth-order valence-corrected chi connectivity index (χ4v) is 2.76. The Labute approximate surface area is 121 Å². The van der Waals surface area contributed by atoms with Crippen LogP contribution in [0.4, 0.5) is 5.82 Å². The molecule has 0 amide bonds. The summed E-state index contributed by atoms with van der Waals surface area (Å²) in [5.41, 5.74) is 8.51. The molecule has 3 aromatic rings. The molecule has 4 heteroatoms. The first kappa shape index (κ1) is 12.1. The summed E-state index contributed by atoms with van der Waals surface area (Å²) in [6.45, 7) is 0. The smallest absolute Gasteiger partial charge is 0.354 e. The molecule has 104 valence electrons. The van der Waals surface area contributed by atoms with Gasteiger partial charge in [-0.25, -0.2) is 4.79 Å². The average Bonchev–Trinajstić information content (AvgIpc) is 3.32. The van der Waals surface area contributed by atoms with Crippen molar-refractivity contribution in [1.82, 2.24) is 9.55 Å². The van der Waals surface area contributed by atoms with Crippen molar-refractivity contribution >= 4 is 16.7 Å². The van der Waals surface area contributed by atoms with Gasteiger partial charge in [-0.05, 0) is 48.6 Å². The Morgan fingerprint density at radius 1 is 1.10 bits per heavy atom. The van der Waals surface area contributed by atoms with Crippen LogP contribution < -0.4 is 11.4 Å². The van der Waals surface area contributed by atoms with E-state index in [-0.39, 0.29) is 5.69 Å². The van der Waals surface area contributed by atoms with Crippen LogP contribution >= 0.6 is 0 Å². The molecule has 0 bridgehead atoms. The van der Waals surface area contributed by atoms with Crippen LogP contribution in [0, 0.1) is 0 Å². The van der Waals surface area contributed by atoms with Gasteiger partial charge in [-0.1, -0.05) is 24.3 Å². The molecule has 21 heavy (non-hydrogen) atoms. The maximum atomic E-state index is 12.3. The van der Waals surface area contributed by atoms with Crippen LogP contribution in [0.15, 0.2) is 53.3 Å². The van der Waals surface area contributed by atoms with E-state index < -0.39 is 0 Å². The fourth-order valence-electron chi connectivity index (χ4n) is 2.76. The van der Waals surface area contributed by atoms with Gasteiger partial charge in [0.2, 0.25) is 0 Å². The molecule has 1 saturated carbocycles. The summed E-state index contributed by atoms with van der Waals surface area (Å²) in [6, 6.07) is 15.7. The largest absolute Gasteiger partial charge is 0.383 e. The van der Waals surface area contributed by atoms with Gasteiger partial charge in [0, 0.05) is 5.39 Å². The van der Waals surface area contributed by atoms with Crippen molar-refractivity contribution < 1.29 is 0 Å². The summed E-state index contributed by atoms with van der Waals surface area (Å²) in [4.78, 5) is 16.3. The number of anilines is 1. The van der Waals surface area contributed by atoms with Crippen molar-refractivity contribution in [2.24, 2.45) is 0 Å². The minimum Gasteiger partial charge on any atom is -0.383 e. The zero-order valence-electron chi connectivity index (χ0n) is 11.5. The highest BCUT2D eigenvalue weighted by molar-refractivity contribution is 5.89. The van der Waals surface area contributed by atoms with Gasteiger partial charge in [0.05, 0.1) is 11.2 Å². The quantitative estimate of drug-likeness (QED) is 0.783. The summed E-state index contributed by atoms with van der Waals surface area (Å²) in [5, 5.41) is 0.822. The molecule has 0 radical (unpaired) electrons. The molecule has 4 rings (SSSR count). The molecular weight excluding hydrogens is 262 g/mol. The van der Waals surface area contributed by atoms with Gasteiger partial charge >= 0.3 is 5.69 Å². The van der Waals surface area contributed by atoms with E-state index in [9.17, 15) is 4.79 Å². The third-order valence-electron chi connectivity index (χ3n) is 4.01. The number of rotatable bonds is 2. The normalized spacial score (nSPS) is 14.5. The molecule has 0 spiro atoms. The van der Waals surface area contributed by atoms with Gasteiger partial charge in [-0.2, -0.15) is 4.98 Å². The van der Waals surface area contributed by atoms with Gasteiger partial charge in [-0.3, -0.25) is 4.57 Å². The Hall–Kier alpha value is -2.62. The Balaban J connectivity index is 2.08. The first-order valence-corrected chi connectivity index (χ1v) is 7.11. The molecule has 0 atom stereocenters. The molecule has 1 heterocycles. The Morgan fingerprint density at radius 2 is 1.86 bits per heavy atom. The van der Waals surface area contributed by atoms with Gasteiger partial charge < -0.3 is 5.73 Å². The predicted octanol–water partition coefficient (Wildman–Crippen LogP) is 2.85. The first-order valence-electron chi connectivity index (χ1n) is 7.11. The van der Waals surface area contributed by atoms with E-state index in [1.807, 2.05) is 36.4 Å². The second-order valence-electron chi connectivity index (χ2n) is 5.50. The number of nitrogen functional groups attached to an aromatic ring is 1. The number of fused-ring (bicyclic) bond motifs is 1. The highest BCUT2D eigenvalue weighted by atomic mass is 16.1. The van der Waals surface area contributed by atoms with Crippen LogP contribution in [0.1, 0.15) is 24.3 Å². The van der Waals surface area contributed by atoms with Crippen LogP contribution in [0.25, 0.3) is 16.6 Å². The lowest BCUT2D eigenvalue weighted by atomic mass is 10.1. The third-order valence-corrected chi connectivity index (χ3v) is 4.01. The van der Waals surface area contributed by atoms with E-state index in [4.69, 9.17) is 5.73 Å². The first-order chi connectivity index (χ1) is 10.2. The minimum absolute atomic E-state index is 0.296. The lowest BCUT2D eigenvalue weighted by molar-refractivity contribution is 0.961. The maximum Gasteiger partial charge on any atom is 0.354 e. The van der Waals surface area contributed by atoms with Gasteiger partial charge in [-0.15, -0.1) is 0 Å². The number of hydrogen-bond acceptors (Lipinski definition) is 3. The Morgan fingerprint density at radius 3 is 2.57 bits per heavy atom. The topological polar surface area (TPSA) is 60.9 Å². The summed E-state index contributed by atoms with van der Waals surface area (Å²) in [7, 11) is 0. The van der Waals surface area contributed by atoms with Crippen molar-refractivity contribution in [3.05, 3.63) is 64.6 Å². The lowest BCUT2D eigenvalue weighted by Crippen LogP contribution is -2.23. The Bertz CT molecular complexity index is 880. The average molecular weight is 277 g/mol. The zero-order chi connectivity index (χ0) is 14.4. The molecule has 1 fully saturated rings. The number of para-hydroxylation sites is 1. The van der Waals surface area contributed by atoms with E-state index >= 15 is 0 Å². The highest BCUT2D eigenvalue weighted by Crippen LogP contribution is 2.41. The summed E-state index contributed by atoms with van der Waals surface area (Å²) in [5.74, 6) is 0.924. The SMILES string of the molecule is Nc1nc(=O)n(-c2ccccc2)c2cc(C3CC3)ccc12. The van der Waals surface area contributed by atoms with Crippen LogP contribution in [0.3, 0.4) is 0 Å². The number of aromatic nitrogens is 2. The zero-order valence-corrected chi connectivity index (χ0v) is 11.5. The monoisotopic (exact) mass is 277 g/mol. The van der Waals surface area contributed by atoms with E-state index in [1.54, 1.807) is 4.57 Å². The minimum atomic E-state index is -0.334. The van der Waals surface area contributed by atoms with Crippen LogP contribution in [0.2, 0.25) is 0 Å². The molecule has 0 saturated heterocycles. The summed E-state index contributed by atoms with van der Waals surface area (Å²) in [6.07, 6.45) is 2.45. The maximum absolute atomic E-state index is 12.3. The summed E-state index contributed by atoms with van der Waals surface area (Å²) < 4.78 is 1.64. The second kappa shape index (κ2) is 4.45. The number of hydrogen-bond donors (Lipinski definition) is 1. The second-order valence-corrected chi connectivity index (χ2v) is 5.50. The number of nitrogens with zero attached hydrogens (tertiary/aromatic N) is 2. The standard InChI is InChI=1S/C17H15N3O/c18-16-14-9-8-12(11-6-7-11)10-15(14)20(17(21)19-16)13-4-2-1-3-5-13/h1-5,8-11H,6-7H2,(H2,18,19,21). The van der Waals surface area contributed by atoms with Crippen molar-refractivity contribution in [1.29, 1.82) is 0 Å². The van der Waals surface area contributed by atoms with Gasteiger partial charge in [0.15, 0.2) is 0 Å². The predicted molar refractivity (Wildman–Crippen MR) is 83.7 cm³/mol. The van der Waals surface area contributed by atoms with E-state index in [1.165, 1.54) is 18.4 Å². The highest BCUT2D eigenvalue weighted by Gasteiger charge is 2.24. The van der Waals surface area contributed by atoms with Crippen molar-refractivity contribution in [3.8, 4) is 5.69 Å². The molecule has 4 nitrogen and oxygen atoms in total. The van der Waals surface area contributed by atoms with Crippen LogP contribution in [-0.4, -0.2) is 9.55 Å². The number of benzene rings is 2.